The molecule has 0 spiro atoms. The zero-order valence-electron chi connectivity index (χ0n) is 14.3. The summed E-state index contributed by atoms with van der Waals surface area (Å²) >= 11 is 0. The summed E-state index contributed by atoms with van der Waals surface area (Å²) < 4.78 is 4.67. The molecule has 0 aliphatic rings. The Morgan fingerprint density at radius 1 is 0.833 bits per heavy atom. The molecule has 2 atom stereocenters. The van der Waals surface area contributed by atoms with Gasteiger partial charge in [0.1, 0.15) is 24.5 Å². The summed E-state index contributed by atoms with van der Waals surface area (Å²) in [6.07, 6.45) is 8.82. The lowest BCUT2D eigenvalue weighted by Crippen LogP contribution is -3.00. The van der Waals surface area contributed by atoms with E-state index in [0.29, 0.717) is 12.1 Å². The molecule has 0 saturated carbocycles. The zero-order chi connectivity index (χ0) is 16.1. The molecule has 3 aromatic rings. The fraction of sp³-hybridized carbons (Fsp3) is 0.286. The van der Waals surface area contributed by atoms with E-state index in [0.717, 1.165) is 12.8 Å². The van der Waals surface area contributed by atoms with Crippen LogP contribution in [0.4, 0.5) is 0 Å². The molecule has 2 nitrogen and oxygen atoms in total. The summed E-state index contributed by atoms with van der Waals surface area (Å²) in [4.78, 5) is 0. The third-order valence-corrected chi connectivity index (χ3v) is 4.54. The van der Waals surface area contributed by atoms with Gasteiger partial charge >= 0.3 is 0 Å². The van der Waals surface area contributed by atoms with Crippen molar-refractivity contribution in [1.29, 1.82) is 0 Å². The Kier molecular flexibility index (Phi) is 6.62. The normalized spacial score (nSPS) is 13.1. The SMILES string of the molecule is CC[C@@H](c1ccccc1)n1cc[n+]([C@@H](CC)c2ccccc2)c1.[Cl-]. The van der Waals surface area contributed by atoms with Crippen LogP contribution in [-0.2, 0) is 0 Å². The van der Waals surface area contributed by atoms with Gasteiger partial charge in [0.05, 0.1) is 0 Å². The van der Waals surface area contributed by atoms with Crippen molar-refractivity contribution in [2.24, 2.45) is 0 Å². The lowest BCUT2D eigenvalue weighted by atomic mass is 10.0. The van der Waals surface area contributed by atoms with E-state index in [4.69, 9.17) is 0 Å². The van der Waals surface area contributed by atoms with Gasteiger partial charge in [-0.15, -0.1) is 0 Å². The molecular weight excluding hydrogens is 316 g/mol. The molecule has 0 unspecified atom stereocenters. The second-order valence-corrected chi connectivity index (χ2v) is 5.98. The number of benzene rings is 2. The molecule has 24 heavy (non-hydrogen) atoms. The van der Waals surface area contributed by atoms with Gasteiger partial charge in [0.2, 0.25) is 6.33 Å². The number of aromatic nitrogens is 2. The molecule has 0 radical (unpaired) electrons. The molecule has 3 heteroatoms. The largest absolute Gasteiger partial charge is 1.00 e. The van der Waals surface area contributed by atoms with Crippen LogP contribution in [0, 0.1) is 0 Å². The van der Waals surface area contributed by atoms with Crippen LogP contribution in [0.25, 0.3) is 0 Å². The second kappa shape index (κ2) is 8.70. The summed E-state index contributed by atoms with van der Waals surface area (Å²) in [6.45, 7) is 4.49. The van der Waals surface area contributed by atoms with Crippen molar-refractivity contribution in [3.63, 3.8) is 0 Å². The Labute approximate surface area is 151 Å². The van der Waals surface area contributed by atoms with Gasteiger partial charge in [-0.3, -0.25) is 0 Å². The molecule has 0 amide bonds. The standard InChI is InChI=1S/C21H25N2.ClH/c1-3-20(18-11-7-5-8-12-18)22-15-16-23(17-22)21(4-2)19-13-9-6-10-14-19;/h5-17,20-21H,3-4H2,1-2H3;1H/q+1;/p-1/t20-,21-;/m0./s1. The number of nitrogens with zero attached hydrogens (tertiary/aromatic N) is 2. The van der Waals surface area contributed by atoms with Gasteiger partial charge < -0.3 is 12.4 Å². The molecule has 1 heterocycles. The molecule has 0 N–H and O–H groups in total. The van der Waals surface area contributed by atoms with Crippen LogP contribution in [-0.4, -0.2) is 4.57 Å². The van der Waals surface area contributed by atoms with Crippen molar-refractivity contribution in [1.82, 2.24) is 4.57 Å². The summed E-state index contributed by atoms with van der Waals surface area (Å²) in [6, 6.07) is 22.3. The van der Waals surface area contributed by atoms with E-state index in [9.17, 15) is 0 Å². The maximum atomic E-state index is 2.33. The first-order valence-electron chi connectivity index (χ1n) is 8.51. The number of hydrogen-bond donors (Lipinski definition) is 0. The van der Waals surface area contributed by atoms with Crippen molar-refractivity contribution in [2.75, 3.05) is 0 Å². The highest BCUT2D eigenvalue weighted by atomic mass is 35.5. The summed E-state index contributed by atoms with van der Waals surface area (Å²) in [5.74, 6) is 0. The highest BCUT2D eigenvalue weighted by Crippen LogP contribution is 2.22. The maximum Gasteiger partial charge on any atom is 0.244 e. The van der Waals surface area contributed by atoms with Crippen LogP contribution in [0.2, 0.25) is 0 Å². The Hall–Kier alpha value is -2.06. The van der Waals surface area contributed by atoms with Crippen molar-refractivity contribution in [3.8, 4) is 0 Å². The summed E-state index contributed by atoms with van der Waals surface area (Å²) in [5, 5.41) is 0. The van der Waals surface area contributed by atoms with E-state index in [2.05, 4.69) is 102 Å². The average Bonchev–Trinajstić information content (AvgIpc) is 3.08. The predicted molar refractivity (Wildman–Crippen MR) is 94.4 cm³/mol. The van der Waals surface area contributed by atoms with Crippen LogP contribution in [0.5, 0.6) is 0 Å². The highest BCUT2D eigenvalue weighted by molar-refractivity contribution is 5.20. The van der Waals surface area contributed by atoms with Crippen LogP contribution < -0.4 is 17.0 Å². The lowest BCUT2D eigenvalue weighted by molar-refractivity contribution is -0.713. The predicted octanol–water partition coefficient (Wildman–Crippen LogP) is 1.78. The van der Waals surface area contributed by atoms with Gasteiger partial charge in [0.25, 0.3) is 0 Å². The van der Waals surface area contributed by atoms with Crippen molar-refractivity contribution in [3.05, 3.63) is 90.5 Å². The van der Waals surface area contributed by atoms with E-state index in [1.165, 1.54) is 11.1 Å². The summed E-state index contributed by atoms with van der Waals surface area (Å²) in [5.41, 5.74) is 2.73. The Morgan fingerprint density at radius 3 is 1.96 bits per heavy atom. The maximum absolute atomic E-state index is 2.33. The Bertz CT molecular complexity index is 660. The van der Waals surface area contributed by atoms with Crippen LogP contribution in [0.3, 0.4) is 0 Å². The highest BCUT2D eigenvalue weighted by Gasteiger charge is 2.21. The fourth-order valence-corrected chi connectivity index (χ4v) is 3.34. The molecule has 0 saturated heterocycles. The molecular formula is C21H25ClN2. The molecule has 2 aromatic carbocycles. The Morgan fingerprint density at radius 2 is 1.42 bits per heavy atom. The smallest absolute Gasteiger partial charge is 0.244 e. The number of rotatable bonds is 6. The van der Waals surface area contributed by atoms with Crippen molar-refractivity contribution >= 4 is 0 Å². The minimum Gasteiger partial charge on any atom is -1.00 e. The van der Waals surface area contributed by atoms with Gasteiger partial charge in [-0.05, 0) is 24.0 Å². The van der Waals surface area contributed by atoms with Crippen LogP contribution in [0.15, 0.2) is 79.4 Å². The van der Waals surface area contributed by atoms with E-state index in [1.807, 2.05) is 0 Å². The van der Waals surface area contributed by atoms with Gasteiger partial charge in [-0.25, -0.2) is 9.13 Å². The second-order valence-electron chi connectivity index (χ2n) is 5.98. The number of halogens is 1. The molecule has 0 aliphatic carbocycles. The molecule has 1 aromatic heterocycles. The number of hydrogen-bond acceptors (Lipinski definition) is 0. The van der Waals surface area contributed by atoms with E-state index in [-0.39, 0.29) is 12.4 Å². The van der Waals surface area contributed by atoms with E-state index in [1.54, 1.807) is 0 Å². The van der Waals surface area contributed by atoms with Gasteiger partial charge in [-0.2, -0.15) is 0 Å². The van der Waals surface area contributed by atoms with Crippen LogP contribution in [0.1, 0.15) is 49.9 Å². The van der Waals surface area contributed by atoms with Gasteiger partial charge in [-0.1, -0.05) is 74.5 Å². The lowest BCUT2D eigenvalue weighted by Gasteiger charge is -2.13. The molecule has 0 bridgehead atoms. The zero-order valence-corrected chi connectivity index (χ0v) is 15.1. The molecule has 3 rings (SSSR count). The minimum absolute atomic E-state index is 0. The first kappa shape index (κ1) is 18.3. The average molecular weight is 341 g/mol. The molecule has 126 valence electrons. The minimum atomic E-state index is 0. The van der Waals surface area contributed by atoms with Gasteiger partial charge in [0.15, 0.2) is 0 Å². The monoisotopic (exact) mass is 340 g/mol. The van der Waals surface area contributed by atoms with Gasteiger partial charge in [0, 0.05) is 0 Å². The Balaban J connectivity index is 0.00000208. The van der Waals surface area contributed by atoms with E-state index < -0.39 is 0 Å². The quantitative estimate of drug-likeness (QED) is 0.605. The fourth-order valence-electron chi connectivity index (χ4n) is 3.34. The van der Waals surface area contributed by atoms with Crippen molar-refractivity contribution in [2.45, 2.75) is 38.8 Å². The number of imidazole rings is 1. The molecule has 0 aliphatic heterocycles. The third kappa shape index (κ3) is 3.88. The van der Waals surface area contributed by atoms with Crippen LogP contribution >= 0.6 is 0 Å². The first-order valence-corrected chi connectivity index (χ1v) is 8.51. The third-order valence-electron chi connectivity index (χ3n) is 4.54. The molecule has 0 fully saturated rings. The first-order chi connectivity index (χ1) is 11.3. The van der Waals surface area contributed by atoms with Crippen molar-refractivity contribution < 1.29 is 17.0 Å². The topological polar surface area (TPSA) is 8.81 Å². The summed E-state index contributed by atoms with van der Waals surface area (Å²) in [7, 11) is 0. The van der Waals surface area contributed by atoms with E-state index >= 15 is 0 Å².